The molecule has 0 bridgehead atoms. The molecule has 0 saturated carbocycles. The number of aryl methyl sites for hydroxylation is 1. The lowest BCUT2D eigenvalue weighted by atomic mass is 9.95. The van der Waals surface area contributed by atoms with Crippen molar-refractivity contribution in [1.29, 1.82) is 0 Å². The molecule has 1 unspecified atom stereocenters. The summed E-state index contributed by atoms with van der Waals surface area (Å²) >= 11 is 0. The summed E-state index contributed by atoms with van der Waals surface area (Å²) in [5.74, 6) is -0.327. The van der Waals surface area contributed by atoms with Crippen LogP contribution in [0.3, 0.4) is 0 Å². The minimum atomic E-state index is -0.721. The van der Waals surface area contributed by atoms with Crippen molar-refractivity contribution in [3.05, 3.63) is 94.0 Å². The molecule has 1 atom stereocenters. The zero-order valence-electron chi connectivity index (χ0n) is 23.5. The molecule has 1 saturated heterocycles. The molecular weight excluding hydrogens is 486 g/mol. The van der Waals surface area contributed by atoms with Crippen LogP contribution in [0.1, 0.15) is 84.3 Å². The van der Waals surface area contributed by atoms with Gasteiger partial charge in [-0.05, 0) is 106 Å². The molecule has 1 aliphatic carbocycles. The van der Waals surface area contributed by atoms with E-state index in [1.165, 1.54) is 6.42 Å². The van der Waals surface area contributed by atoms with Crippen LogP contribution in [-0.2, 0) is 9.63 Å². The van der Waals surface area contributed by atoms with Crippen LogP contribution in [0.5, 0.6) is 0 Å². The van der Waals surface area contributed by atoms with Gasteiger partial charge >= 0.3 is 5.97 Å². The summed E-state index contributed by atoms with van der Waals surface area (Å²) in [6, 6.07) is 19.9. The number of nitrogens with zero attached hydrogens (tertiary/aromatic N) is 2. The first-order valence-electron chi connectivity index (χ1n) is 13.8. The smallest absolute Gasteiger partial charge is 0.316 e. The van der Waals surface area contributed by atoms with Gasteiger partial charge in [-0.25, -0.2) is 4.79 Å². The lowest BCUT2D eigenvalue weighted by Gasteiger charge is -2.38. The number of carbonyl (C=O) groups excluding carboxylic acids is 2. The molecule has 202 valence electrons. The summed E-state index contributed by atoms with van der Waals surface area (Å²) in [7, 11) is 1.94. The van der Waals surface area contributed by atoms with Crippen molar-refractivity contribution in [2.75, 3.05) is 20.1 Å². The second kappa shape index (κ2) is 10.9. The van der Waals surface area contributed by atoms with E-state index in [2.05, 4.69) is 27.5 Å². The highest BCUT2D eigenvalue weighted by Gasteiger charge is 2.37. The van der Waals surface area contributed by atoms with Gasteiger partial charge in [0, 0.05) is 11.1 Å². The third-order valence-corrected chi connectivity index (χ3v) is 8.29. The molecule has 0 radical (unpaired) electrons. The van der Waals surface area contributed by atoms with Crippen LogP contribution < -0.4 is 5.32 Å². The zero-order valence-corrected chi connectivity index (χ0v) is 23.5. The number of oxime groups is 1. The van der Waals surface area contributed by atoms with E-state index in [0.717, 1.165) is 59.3 Å². The molecule has 1 N–H and O–H groups in total. The van der Waals surface area contributed by atoms with Gasteiger partial charge in [-0.1, -0.05) is 60.1 Å². The molecule has 3 aromatic rings. The number of fused-ring (bicyclic) bond motifs is 3. The van der Waals surface area contributed by atoms with Gasteiger partial charge in [-0.2, -0.15) is 0 Å². The van der Waals surface area contributed by atoms with Crippen LogP contribution in [0.4, 0.5) is 0 Å². The van der Waals surface area contributed by atoms with E-state index in [1.54, 1.807) is 0 Å². The van der Waals surface area contributed by atoms with Crippen LogP contribution in [0.15, 0.2) is 65.8 Å². The highest BCUT2D eigenvalue weighted by molar-refractivity contribution is 6.11. The lowest BCUT2D eigenvalue weighted by Crippen LogP contribution is -2.52. The van der Waals surface area contributed by atoms with Crippen molar-refractivity contribution in [3.8, 4) is 11.1 Å². The molecule has 6 nitrogen and oxygen atoms in total. The van der Waals surface area contributed by atoms with Gasteiger partial charge < -0.3 is 10.2 Å². The van der Waals surface area contributed by atoms with E-state index in [1.807, 2.05) is 83.3 Å². The summed E-state index contributed by atoms with van der Waals surface area (Å²) in [6.45, 7) is 9.43. The van der Waals surface area contributed by atoms with E-state index < -0.39 is 5.54 Å². The number of carbonyl (C=O) groups is 2. The zero-order chi connectivity index (χ0) is 27.7. The fourth-order valence-corrected chi connectivity index (χ4v) is 5.77. The van der Waals surface area contributed by atoms with E-state index in [-0.39, 0.29) is 17.8 Å². The number of ketones is 1. The van der Waals surface area contributed by atoms with E-state index in [4.69, 9.17) is 4.84 Å². The number of likely N-dealkylation sites (tertiary alicyclic amines) is 1. The van der Waals surface area contributed by atoms with Crippen LogP contribution in [0, 0.1) is 6.92 Å². The van der Waals surface area contributed by atoms with Gasteiger partial charge in [0.25, 0.3) is 0 Å². The predicted molar refractivity (Wildman–Crippen MR) is 155 cm³/mol. The molecular formula is C33H37N3O3. The molecule has 0 aromatic heterocycles. The average Bonchev–Trinajstić information content (AvgIpc) is 3.28. The predicted octanol–water partition coefficient (Wildman–Crippen LogP) is 6.05. The molecule has 0 amide bonds. The third kappa shape index (κ3) is 5.07. The molecule has 3 aromatic carbocycles. The van der Waals surface area contributed by atoms with Crippen molar-refractivity contribution in [2.24, 2.45) is 5.16 Å². The largest absolute Gasteiger partial charge is 0.354 e. The van der Waals surface area contributed by atoms with E-state index >= 15 is 0 Å². The molecule has 0 spiro atoms. The van der Waals surface area contributed by atoms with Crippen LogP contribution >= 0.6 is 0 Å². The number of hydrogen-bond donors (Lipinski definition) is 1. The van der Waals surface area contributed by atoms with Crippen molar-refractivity contribution >= 4 is 17.5 Å². The van der Waals surface area contributed by atoms with Gasteiger partial charge in [0.2, 0.25) is 0 Å². The molecule has 6 heteroatoms. The number of hydrogen-bond acceptors (Lipinski definition) is 6. The van der Waals surface area contributed by atoms with Gasteiger partial charge in [-0.15, -0.1) is 0 Å². The Morgan fingerprint density at radius 2 is 1.54 bits per heavy atom. The molecule has 39 heavy (non-hydrogen) atoms. The average molecular weight is 524 g/mol. The van der Waals surface area contributed by atoms with E-state index in [9.17, 15) is 9.59 Å². The van der Waals surface area contributed by atoms with Gasteiger partial charge in [-0.3, -0.25) is 9.69 Å². The summed E-state index contributed by atoms with van der Waals surface area (Å²) in [5.41, 5.74) is 7.48. The normalized spacial score (nSPS) is 17.5. The highest BCUT2D eigenvalue weighted by atomic mass is 16.7. The summed E-state index contributed by atoms with van der Waals surface area (Å²) in [4.78, 5) is 34.0. The Kier molecular flexibility index (Phi) is 7.52. The SMILES string of the molecule is CNC1c2ccc(C(=O)c3ccccc3C)cc2-c2cc(/C(C)=N/OC(=O)C(C)(C)N3CCCCC3)ccc21. The minimum absolute atomic E-state index is 0.0162. The third-order valence-electron chi connectivity index (χ3n) is 8.29. The lowest BCUT2D eigenvalue weighted by molar-refractivity contribution is -0.157. The Balaban J connectivity index is 1.43. The maximum absolute atomic E-state index is 13.4. The Morgan fingerprint density at radius 1 is 0.923 bits per heavy atom. The quantitative estimate of drug-likeness (QED) is 0.177. The standard InChI is InChI=1S/C33H37N3O3/c1-21-11-7-8-12-25(21)31(37)24-14-16-27-29(20-24)28-19-23(13-15-26(28)30(27)34-5)22(2)35-39-32(38)33(3,4)36-17-9-6-10-18-36/h7-8,11-16,19-20,30,34H,6,9-10,17-18H2,1-5H3/b35-22+. The molecule has 2 aliphatic rings. The van der Waals surface area contributed by atoms with Gasteiger partial charge in [0.1, 0.15) is 5.54 Å². The van der Waals surface area contributed by atoms with Crippen molar-refractivity contribution in [2.45, 2.75) is 58.5 Å². The van der Waals surface area contributed by atoms with E-state index in [0.29, 0.717) is 16.8 Å². The highest BCUT2D eigenvalue weighted by Crippen LogP contribution is 2.44. The Hall–Kier alpha value is -3.61. The fourth-order valence-electron chi connectivity index (χ4n) is 5.77. The summed E-state index contributed by atoms with van der Waals surface area (Å²) in [5, 5.41) is 7.66. The maximum atomic E-state index is 13.4. The summed E-state index contributed by atoms with van der Waals surface area (Å²) < 4.78 is 0. The number of piperidine rings is 1. The number of rotatable bonds is 7. The molecule has 1 fully saturated rings. The van der Waals surface area contributed by atoms with Crippen molar-refractivity contribution < 1.29 is 14.4 Å². The topological polar surface area (TPSA) is 71.0 Å². The van der Waals surface area contributed by atoms with Crippen LogP contribution in [-0.4, -0.2) is 48.0 Å². The summed E-state index contributed by atoms with van der Waals surface area (Å²) in [6.07, 6.45) is 3.40. The molecule has 1 aliphatic heterocycles. The van der Waals surface area contributed by atoms with Gasteiger partial charge in [0.05, 0.1) is 11.8 Å². The van der Waals surface area contributed by atoms with Crippen LogP contribution in [0.25, 0.3) is 11.1 Å². The fraction of sp³-hybridized carbons (Fsp3) is 0.364. The Bertz CT molecular complexity index is 1450. The van der Waals surface area contributed by atoms with Gasteiger partial charge in [0.15, 0.2) is 5.78 Å². The number of benzene rings is 3. The van der Waals surface area contributed by atoms with Crippen molar-refractivity contribution in [3.63, 3.8) is 0 Å². The maximum Gasteiger partial charge on any atom is 0.354 e. The first-order valence-corrected chi connectivity index (χ1v) is 13.8. The van der Waals surface area contributed by atoms with Crippen molar-refractivity contribution in [1.82, 2.24) is 10.2 Å². The first-order chi connectivity index (χ1) is 18.7. The van der Waals surface area contributed by atoms with Crippen LogP contribution in [0.2, 0.25) is 0 Å². The monoisotopic (exact) mass is 523 g/mol. The minimum Gasteiger partial charge on any atom is -0.316 e. The second-order valence-corrected chi connectivity index (χ2v) is 11.1. The number of nitrogens with one attached hydrogen (secondary N) is 1. The second-order valence-electron chi connectivity index (χ2n) is 11.1. The first kappa shape index (κ1) is 27.0. The molecule has 5 rings (SSSR count). The Labute approximate surface area is 231 Å². The Morgan fingerprint density at radius 3 is 2.18 bits per heavy atom. The molecule has 1 heterocycles.